The van der Waals surface area contributed by atoms with Crippen molar-refractivity contribution in [3.63, 3.8) is 0 Å². The number of hydrogen-bond donors (Lipinski definition) is 0. The van der Waals surface area contributed by atoms with Gasteiger partial charge in [-0.05, 0) is 44.0 Å². The molecule has 2 saturated heterocycles. The first-order valence-electron chi connectivity index (χ1n) is 8.97. The van der Waals surface area contributed by atoms with Gasteiger partial charge in [0.2, 0.25) is 10.0 Å². The van der Waals surface area contributed by atoms with E-state index in [1.54, 1.807) is 28.6 Å². The van der Waals surface area contributed by atoms with Crippen LogP contribution in [-0.2, 0) is 19.5 Å². The highest BCUT2D eigenvalue weighted by molar-refractivity contribution is 7.89. The van der Waals surface area contributed by atoms with E-state index >= 15 is 0 Å². The van der Waals surface area contributed by atoms with Gasteiger partial charge < -0.3 is 14.2 Å². The van der Waals surface area contributed by atoms with Crippen molar-refractivity contribution in [1.29, 1.82) is 0 Å². The smallest absolute Gasteiger partial charge is 0.243 e. The molecule has 1 aromatic carbocycles. The fourth-order valence-electron chi connectivity index (χ4n) is 3.43. The summed E-state index contributed by atoms with van der Waals surface area (Å²) in [5.41, 5.74) is -0.450. The van der Waals surface area contributed by atoms with E-state index in [2.05, 4.69) is 6.92 Å². The lowest BCUT2D eigenvalue weighted by molar-refractivity contribution is -0.0991. The van der Waals surface area contributed by atoms with Crippen LogP contribution in [0.3, 0.4) is 0 Å². The van der Waals surface area contributed by atoms with Gasteiger partial charge in [-0.1, -0.05) is 13.3 Å². The van der Waals surface area contributed by atoms with Crippen LogP contribution in [0.5, 0.6) is 5.75 Å². The highest BCUT2D eigenvalue weighted by atomic mass is 32.2. The summed E-state index contributed by atoms with van der Waals surface area (Å²) >= 11 is 0. The molecular formula is C18H27NO5S. The minimum atomic E-state index is -3.58. The van der Waals surface area contributed by atoms with Gasteiger partial charge in [-0.3, -0.25) is 0 Å². The van der Waals surface area contributed by atoms with Crippen LogP contribution in [0.1, 0.15) is 33.1 Å². The molecule has 2 heterocycles. The predicted molar refractivity (Wildman–Crippen MR) is 94.3 cm³/mol. The van der Waals surface area contributed by atoms with Crippen molar-refractivity contribution < 1.29 is 22.6 Å². The monoisotopic (exact) mass is 369 g/mol. The van der Waals surface area contributed by atoms with Crippen LogP contribution in [0.2, 0.25) is 0 Å². The lowest BCUT2D eigenvalue weighted by Gasteiger charge is -2.43. The van der Waals surface area contributed by atoms with Crippen molar-refractivity contribution in [3.8, 4) is 5.75 Å². The lowest BCUT2D eigenvalue weighted by Crippen LogP contribution is -2.60. The standard InChI is InChI=1S/C18H27NO5S/c1-3-5-10-24-16-11-18(13-22-14-18)19(12-16)25(20,21)17-8-6-15(7-9-17)23-4-2/h6-9,16H,3-5,10-14H2,1-2H3/t16-/m0/s1. The maximum atomic E-state index is 13.2. The number of rotatable bonds is 8. The Bertz CT molecular complexity index is 669. The van der Waals surface area contributed by atoms with Crippen LogP contribution in [0.15, 0.2) is 29.2 Å². The third-order valence-electron chi connectivity index (χ3n) is 4.82. The maximum absolute atomic E-state index is 13.2. The summed E-state index contributed by atoms with van der Waals surface area (Å²) in [4.78, 5) is 0.288. The average Bonchev–Trinajstić information content (AvgIpc) is 2.97. The van der Waals surface area contributed by atoms with E-state index in [9.17, 15) is 8.42 Å². The summed E-state index contributed by atoms with van der Waals surface area (Å²) in [5.74, 6) is 0.672. The second kappa shape index (κ2) is 7.61. The fraction of sp³-hybridized carbons (Fsp3) is 0.667. The summed E-state index contributed by atoms with van der Waals surface area (Å²) < 4.78 is 44.6. The van der Waals surface area contributed by atoms with Crippen molar-refractivity contribution in [2.24, 2.45) is 0 Å². The molecule has 2 aliphatic rings. The second-order valence-corrected chi connectivity index (χ2v) is 8.57. The topological polar surface area (TPSA) is 65.1 Å². The molecule has 0 amide bonds. The van der Waals surface area contributed by atoms with Crippen molar-refractivity contribution in [1.82, 2.24) is 4.31 Å². The molecule has 0 bridgehead atoms. The Labute approximate surface area is 150 Å². The zero-order chi connectivity index (χ0) is 17.9. The number of unbranched alkanes of at least 4 members (excludes halogenated alkanes) is 1. The van der Waals surface area contributed by atoms with Gasteiger partial charge in [0, 0.05) is 13.2 Å². The number of hydrogen-bond acceptors (Lipinski definition) is 5. The first-order valence-corrected chi connectivity index (χ1v) is 10.4. The number of nitrogens with zero attached hydrogens (tertiary/aromatic N) is 1. The van der Waals surface area contributed by atoms with Gasteiger partial charge in [0.05, 0.1) is 36.4 Å². The van der Waals surface area contributed by atoms with Crippen LogP contribution in [0, 0.1) is 0 Å². The molecule has 25 heavy (non-hydrogen) atoms. The lowest BCUT2D eigenvalue weighted by atomic mass is 9.95. The normalized spacial score (nSPS) is 22.9. The van der Waals surface area contributed by atoms with Gasteiger partial charge in [-0.2, -0.15) is 4.31 Å². The van der Waals surface area contributed by atoms with Crippen molar-refractivity contribution >= 4 is 10.0 Å². The zero-order valence-corrected chi connectivity index (χ0v) is 15.8. The summed E-state index contributed by atoms with van der Waals surface area (Å²) in [6, 6.07) is 6.62. The number of benzene rings is 1. The molecule has 0 radical (unpaired) electrons. The first-order chi connectivity index (χ1) is 12.0. The zero-order valence-electron chi connectivity index (χ0n) is 14.9. The van der Waals surface area contributed by atoms with E-state index in [1.807, 2.05) is 6.92 Å². The Kier molecular flexibility index (Phi) is 5.68. The van der Waals surface area contributed by atoms with E-state index in [-0.39, 0.29) is 11.0 Å². The fourth-order valence-corrected chi connectivity index (χ4v) is 5.22. The molecule has 0 unspecified atom stereocenters. The molecule has 6 nitrogen and oxygen atoms in total. The van der Waals surface area contributed by atoms with Crippen LogP contribution in [-0.4, -0.2) is 57.3 Å². The van der Waals surface area contributed by atoms with Crippen LogP contribution < -0.4 is 4.74 Å². The minimum Gasteiger partial charge on any atom is -0.494 e. The van der Waals surface area contributed by atoms with Crippen molar-refractivity contribution in [2.75, 3.05) is 33.0 Å². The Balaban J connectivity index is 1.77. The average molecular weight is 369 g/mol. The molecule has 1 aromatic rings. The van der Waals surface area contributed by atoms with Gasteiger partial charge in [-0.15, -0.1) is 0 Å². The minimum absolute atomic E-state index is 0.0621. The van der Waals surface area contributed by atoms with E-state index in [0.29, 0.717) is 45.1 Å². The third kappa shape index (κ3) is 3.69. The maximum Gasteiger partial charge on any atom is 0.243 e. The van der Waals surface area contributed by atoms with Gasteiger partial charge in [0.1, 0.15) is 5.75 Å². The molecule has 2 aliphatic heterocycles. The molecule has 3 rings (SSSR count). The SMILES string of the molecule is CCCCO[C@@H]1CN(S(=O)(=O)c2ccc(OCC)cc2)C2(COC2)C1. The molecule has 1 spiro atoms. The molecule has 0 aliphatic carbocycles. The molecule has 0 aromatic heterocycles. The van der Waals surface area contributed by atoms with E-state index in [1.165, 1.54) is 0 Å². The Morgan fingerprint density at radius 1 is 1.24 bits per heavy atom. The summed E-state index contributed by atoms with van der Waals surface area (Å²) in [6.45, 7) is 6.51. The van der Waals surface area contributed by atoms with Crippen molar-refractivity contribution in [2.45, 2.75) is 49.6 Å². The number of sulfonamides is 1. The highest BCUT2D eigenvalue weighted by Crippen LogP contribution is 2.41. The first kappa shape index (κ1) is 18.6. The van der Waals surface area contributed by atoms with Crippen LogP contribution in [0.4, 0.5) is 0 Å². The Morgan fingerprint density at radius 2 is 1.96 bits per heavy atom. The molecule has 0 saturated carbocycles. The van der Waals surface area contributed by atoms with Gasteiger partial charge in [-0.25, -0.2) is 8.42 Å². The molecule has 2 fully saturated rings. The van der Waals surface area contributed by atoms with E-state index < -0.39 is 15.6 Å². The van der Waals surface area contributed by atoms with E-state index in [0.717, 1.165) is 12.8 Å². The van der Waals surface area contributed by atoms with Gasteiger partial charge in [0.15, 0.2) is 0 Å². The predicted octanol–water partition coefficient (Wildman–Crippen LogP) is 2.43. The third-order valence-corrected chi connectivity index (χ3v) is 6.81. The second-order valence-electron chi connectivity index (χ2n) is 6.71. The van der Waals surface area contributed by atoms with E-state index in [4.69, 9.17) is 14.2 Å². The van der Waals surface area contributed by atoms with Crippen LogP contribution in [0.25, 0.3) is 0 Å². The quantitative estimate of drug-likeness (QED) is 0.659. The highest BCUT2D eigenvalue weighted by Gasteiger charge is 2.56. The molecule has 1 atom stereocenters. The largest absolute Gasteiger partial charge is 0.494 e. The molecular weight excluding hydrogens is 342 g/mol. The summed E-state index contributed by atoms with van der Waals surface area (Å²) in [7, 11) is -3.58. The van der Waals surface area contributed by atoms with Crippen LogP contribution >= 0.6 is 0 Å². The Hall–Kier alpha value is -1.15. The summed E-state index contributed by atoms with van der Waals surface area (Å²) in [6.07, 6.45) is 2.70. The summed E-state index contributed by atoms with van der Waals surface area (Å²) in [5, 5.41) is 0. The molecule has 7 heteroatoms. The van der Waals surface area contributed by atoms with Crippen molar-refractivity contribution in [3.05, 3.63) is 24.3 Å². The van der Waals surface area contributed by atoms with Gasteiger partial charge in [0.25, 0.3) is 0 Å². The number of ether oxygens (including phenoxy) is 3. The Morgan fingerprint density at radius 3 is 2.52 bits per heavy atom. The molecule has 140 valence electrons. The molecule has 0 N–H and O–H groups in total. The van der Waals surface area contributed by atoms with Gasteiger partial charge >= 0.3 is 0 Å².